The van der Waals surface area contributed by atoms with Crippen LogP contribution in [0.5, 0.6) is 11.5 Å². The molecule has 0 fully saturated rings. The molecule has 1 heterocycles. The van der Waals surface area contributed by atoms with E-state index in [-0.39, 0.29) is 19.8 Å². The summed E-state index contributed by atoms with van der Waals surface area (Å²) in [6.07, 6.45) is 5.59. The molecule has 0 saturated heterocycles. The molecule has 0 bridgehead atoms. The molecule has 0 saturated carbocycles. The van der Waals surface area contributed by atoms with Crippen molar-refractivity contribution in [3.05, 3.63) is 74.7 Å². The third kappa shape index (κ3) is 5.25. The zero-order chi connectivity index (χ0) is 20.1. The monoisotopic (exact) mass is 548 g/mol. The van der Waals surface area contributed by atoms with Gasteiger partial charge in [0, 0.05) is 0 Å². The Morgan fingerprint density at radius 2 is 1.89 bits per heavy atom. The summed E-state index contributed by atoms with van der Waals surface area (Å²) in [4.78, 5) is 4.43. The molecule has 0 aliphatic carbocycles. The molecule has 1 unspecified atom stereocenters. The molecule has 2 aromatic carbocycles. The number of imidazole rings is 1. The van der Waals surface area contributed by atoms with E-state index in [1.807, 2.05) is 42.9 Å². The normalized spacial score (nSPS) is 12.0. The van der Waals surface area contributed by atoms with Gasteiger partial charge in [-0.2, -0.15) is 0 Å². The first-order chi connectivity index (χ1) is 13.5. The summed E-state index contributed by atoms with van der Waals surface area (Å²) in [5.74, 6) is 1.44. The number of hydrogen-bond acceptors (Lipinski definition) is 3. The molecule has 148 valence electrons. The average molecular weight is 549 g/mol. The van der Waals surface area contributed by atoms with E-state index in [9.17, 15) is 0 Å². The van der Waals surface area contributed by atoms with E-state index in [1.54, 1.807) is 20.4 Å². The van der Waals surface area contributed by atoms with E-state index in [4.69, 9.17) is 32.7 Å². The number of rotatable bonds is 8. The fraction of sp³-hybridized carbons (Fsp3) is 0.250. The third-order valence-electron chi connectivity index (χ3n) is 4.24. The van der Waals surface area contributed by atoms with Crippen molar-refractivity contribution in [2.45, 2.75) is 16.7 Å². The average Bonchev–Trinajstić information content (AvgIpc) is 3.19. The maximum atomic E-state index is 6.52. The van der Waals surface area contributed by atoms with Crippen molar-refractivity contribution in [3.63, 3.8) is 0 Å². The topological polar surface area (TPSA) is 36.3 Å². The van der Waals surface area contributed by atoms with Crippen LogP contribution in [0.3, 0.4) is 0 Å². The number of hydrogen-bond donors (Lipinski definition) is 0. The van der Waals surface area contributed by atoms with Crippen molar-refractivity contribution in [2.75, 3.05) is 14.2 Å². The molecule has 0 radical (unpaired) electrons. The molecular formula is C20H19BrCl2N2O2Se. The number of benzene rings is 2. The van der Waals surface area contributed by atoms with Gasteiger partial charge in [0.25, 0.3) is 0 Å². The molecule has 0 aliphatic rings. The third-order valence-corrected chi connectivity index (χ3v) is 8.23. The Morgan fingerprint density at radius 1 is 1.14 bits per heavy atom. The van der Waals surface area contributed by atoms with Crippen molar-refractivity contribution >= 4 is 54.1 Å². The van der Waals surface area contributed by atoms with Gasteiger partial charge in [-0.15, -0.1) is 0 Å². The van der Waals surface area contributed by atoms with Gasteiger partial charge in [-0.25, -0.2) is 0 Å². The van der Waals surface area contributed by atoms with Gasteiger partial charge in [-0.05, 0) is 0 Å². The van der Waals surface area contributed by atoms with Crippen LogP contribution in [0.15, 0.2) is 53.5 Å². The van der Waals surface area contributed by atoms with Gasteiger partial charge in [0.1, 0.15) is 0 Å². The molecule has 0 N–H and O–H groups in total. The van der Waals surface area contributed by atoms with E-state index in [0.29, 0.717) is 15.8 Å². The summed E-state index contributed by atoms with van der Waals surface area (Å²) in [5.41, 5.74) is 2.29. The molecule has 28 heavy (non-hydrogen) atoms. The fourth-order valence-electron chi connectivity index (χ4n) is 2.79. The minimum absolute atomic E-state index is 0.226. The van der Waals surface area contributed by atoms with Gasteiger partial charge in [-0.3, -0.25) is 0 Å². The summed E-state index contributed by atoms with van der Waals surface area (Å²) in [5, 5.41) is 2.25. The molecule has 3 rings (SSSR count). The van der Waals surface area contributed by atoms with Crippen molar-refractivity contribution in [1.29, 1.82) is 0 Å². The minimum atomic E-state index is 0.226. The Labute approximate surface area is 189 Å². The van der Waals surface area contributed by atoms with E-state index < -0.39 is 0 Å². The molecule has 0 aliphatic heterocycles. The van der Waals surface area contributed by atoms with Gasteiger partial charge in [0.15, 0.2) is 0 Å². The van der Waals surface area contributed by atoms with Gasteiger partial charge in [-0.1, -0.05) is 0 Å². The van der Waals surface area contributed by atoms with Crippen LogP contribution < -0.4 is 9.47 Å². The van der Waals surface area contributed by atoms with Crippen LogP contribution in [-0.2, 0) is 11.9 Å². The van der Waals surface area contributed by atoms with Crippen molar-refractivity contribution < 1.29 is 9.47 Å². The van der Waals surface area contributed by atoms with Gasteiger partial charge < -0.3 is 0 Å². The summed E-state index contributed by atoms with van der Waals surface area (Å²) in [6, 6.07) is 9.71. The first kappa shape index (κ1) is 21.5. The van der Waals surface area contributed by atoms with Crippen LogP contribution in [0, 0.1) is 0 Å². The zero-order valence-corrected chi connectivity index (χ0v) is 20.2. The van der Waals surface area contributed by atoms with E-state index >= 15 is 0 Å². The summed E-state index contributed by atoms with van der Waals surface area (Å²) in [7, 11) is 3.29. The molecule has 8 heteroatoms. The Morgan fingerprint density at radius 3 is 2.54 bits per heavy atom. The second-order valence-corrected chi connectivity index (χ2v) is 10.2. The van der Waals surface area contributed by atoms with Crippen LogP contribution in [-0.4, -0.2) is 38.7 Å². The first-order valence-electron chi connectivity index (χ1n) is 8.44. The summed E-state index contributed by atoms with van der Waals surface area (Å²) < 4.78 is 13.9. The van der Waals surface area contributed by atoms with E-state index in [1.165, 1.54) is 5.56 Å². The Hall–Kier alpha value is -1.17. The number of halogens is 3. The second kappa shape index (κ2) is 10.0. The fourth-order valence-corrected chi connectivity index (χ4v) is 7.04. The van der Waals surface area contributed by atoms with Crippen molar-refractivity contribution in [1.82, 2.24) is 9.55 Å². The van der Waals surface area contributed by atoms with Gasteiger partial charge >= 0.3 is 190 Å². The zero-order valence-electron chi connectivity index (χ0n) is 15.4. The summed E-state index contributed by atoms with van der Waals surface area (Å²) >= 11 is 16.5. The number of methoxy groups -OCH3 is 2. The second-order valence-electron chi connectivity index (χ2n) is 6.02. The maximum absolute atomic E-state index is 6.52. The molecule has 4 nitrogen and oxygen atoms in total. The summed E-state index contributed by atoms with van der Waals surface area (Å²) in [6.45, 7) is 0.812. The van der Waals surface area contributed by atoms with Crippen LogP contribution in [0.4, 0.5) is 0 Å². The predicted octanol–water partition coefficient (Wildman–Crippen LogP) is 5.62. The molecule has 0 amide bonds. The Bertz CT molecular complexity index is 938. The molecule has 1 aromatic heterocycles. The Balaban J connectivity index is 1.86. The SMILES string of the molecule is COc1cc(Br)c(C[Se]C(Cn2ccnc2)c2ccc(Cl)cc2Cl)cc1OC. The number of ether oxygens (including phenoxy) is 2. The predicted molar refractivity (Wildman–Crippen MR) is 118 cm³/mol. The first-order valence-corrected chi connectivity index (χ1v) is 12.2. The number of nitrogens with zero attached hydrogens (tertiary/aromatic N) is 2. The van der Waals surface area contributed by atoms with Crippen LogP contribution in [0.1, 0.15) is 15.9 Å². The molecule has 3 aromatic rings. The molecular weight excluding hydrogens is 530 g/mol. The Kier molecular flexibility index (Phi) is 7.72. The number of aromatic nitrogens is 2. The molecule has 0 spiro atoms. The van der Waals surface area contributed by atoms with Crippen molar-refractivity contribution in [2.24, 2.45) is 0 Å². The van der Waals surface area contributed by atoms with Crippen LogP contribution in [0.2, 0.25) is 10.0 Å². The van der Waals surface area contributed by atoms with Gasteiger partial charge in [0.05, 0.1) is 0 Å². The van der Waals surface area contributed by atoms with Crippen LogP contribution >= 0.6 is 39.1 Å². The standard InChI is InChI=1S/C20H19BrCl2N2O2Se/c1-26-18-7-13(16(21)9-19(18)27-2)11-28-20(10-25-6-5-24-12-25)15-4-3-14(22)8-17(15)23/h3-9,12,20H,10-11H2,1-2H3. The van der Waals surface area contributed by atoms with Crippen molar-refractivity contribution in [3.8, 4) is 11.5 Å². The quantitative estimate of drug-likeness (QED) is 0.343. The van der Waals surface area contributed by atoms with E-state index in [0.717, 1.165) is 27.6 Å². The van der Waals surface area contributed by atoms with Crippen LogP contribution in [0.25, 0.3) is 0 Å². The van der Waals surface area contributed by atoms with Gasteiger partial charge in [0.2, 0.25) is 0 Å². The van der Waals surface area contributed by atoms with E-state index in [2.05, 4.69) is 25.5 Å². The molecule has 1 atom stereocenters.